The van der Waals surface area contributed by atoms with Crippen molar-refractivity contribution in [1.82, 2.24) is 9.62 Å². The van der Waals surface area contributed by atoms with E-state index in [9.17, 15) is 13.2 Å². The van der Waals surface area contributed by atoms with Crippen LogP contribution in [0.2, 0.25) is 0 Å². The summed E-state index contributed by atoms with van der Waals surface area (Å²) < 4.78 is 34.4. The Kier molecular flexibility index (Phi) is 5.79. The maximum Gasteiger partial charge on any atom is 0.251 e. The third-order valence-corrected chi connectivity index (χ3v) is 10.4. The normalized spacial score (nSPS) is 34.6. The van der Waals surface area contributed by atoms with Crippen LogP contribution in [0.1, 0.15) is 75.4 Å². The molecule has 2 saturated carbocycles. The number of carbonyl (C=O) groups is 1. The minimum Gasteiger partial charge on any atom is -0.373 e. The third-order valence-electron chi connectivity index (χ3n) is 8.43. The van der Waals surface area contributed by atoms with Crippen molar-refractivity contribution in [2.45, 2.75) is 90.9 Å². The van der Waals surface area contributed by atoms with Crippen LogP contribution in [0.3, 0.4) is 0 Å². The number of aryl methyl sites for hydroxylation is 1. The highest BCUT2D eigenvalue weighted by atomic mass is 32.2. The first-order valence-corrected chi connectivity index (χ1v) is 13.3. The van der Waals surface area contributed by atoms with Gasteiger partial charge < -0.3 is 10.1 Å². The summed E-state index contributed by atoms with van der Waals surface area (Å²) in [6, 6.07) is 3.47. The summed E-state index contributed by atoms with van der Waals surface area (Å²) in [7, 11) is -3.73. The monoisotopic (exact) mass is 462 g/mol. The van der Waals surface area contributed by atoms with Crippen LogP contribution in [-0.2, 0) is 14.8 Å². The molecule has 178 valence electrons. The first kappa shape index (κ1) is 23.7. The van der Waals surface area contributed by atoms with E-state index in [-0.39, 0.29) is 39.9 Å². The number of nitrogens with one attached hydrogen (secondary N) is 1. The summed E-state index contributed by atoms with van der Waals surface area (Å²) in [6.45, 7) is 14.9. The Morgan fingerprint density at radius 1 is 1.12 bits per heavy atom. The molecule has 1 amide bonds. The van der Waals surface area contributed by atoms with Gasteiger partial charge in [0.15, 0.2) is 0 Å². The number of nitrogens with zero attached hydrogens (tertiary/aromatic N) is 1. The maximum absolute atomic E-state index is 13.6. The van der Waals surface area contributed by atoms with Gasteiger partial charge in [0.05, 0.1) is 17.1 Å². The van der Waals surface area contributed by atoms with Crippen molar-refractivity contribution in [3.05, 3.63) is 28.8 Å². The van der Waals surface area contributed by atoms with Gasteiger partial charge in [-0.05, 0) is 87.0 Å². The van der Waals surface area contributed by atoms with E-state index in [1.807, 2.05) is 33.8 Å². The standard InChI is InChI=1S/C25H38N2O4S/c1-15-10-19(22(28)26-23-24(5,6)20-8-9-25(23,7)12-20)11-21(18(15)4)32(29,30)27-13-16(2)31-17(3)14-27/h10-11,16-17,20,23H,8-9,12-14H2,1-7H3,(H,26,28)/t16?,17?,20-,23?,25+/m1/s1. The molecule has 1 N–H and O–H groups in total. The van der Waals surface area contributed by atoms with E-state index in [4.69, 9.17) is 4.74 Å². The Morgan fingerprint density at radius 3 is 2.31 bits per heavy atom. The Hall–Kier alpha value is -1.44. The van der Waals surface area contributed by atoms with E-state index in [2.05, 4.69) is 26.1 Å². The summed E-state index contributed by atoms with van der Waals surface area (Å²) in [6.07, 6.45) is 3.17. The largest absolute Gasteiger partial charge is 0.373 e. The molecular weight excluding hydrogens is 424 g/mol. The van der Waals surface area contributed by atoms with Crippen LogP contribution < -0.4 is 5.32 Å². The van der Waals surface area contributed by atoms with Crippen LogP contribution in [0.15, 0.2) is 17.0 Å². The second kappa shape index (κ2) is 7.81. The van der Waals surface area contributed by atoms with E-state index in [0.29, 0.717) is 30.1 Å². The molecular formula is C25H38N2O4S. The second-order valence-electron chi connectivity index (χ2n) is 11.3. The highest BCUT2D eigenvalue weighted by Crippen LogP contribution is 2.62. The van der Waals surface area contributed by atoms with Gasteiger partial charge in [0.25, 0.3) is 5.91 Å². The smallest absolute Gasteiger partial charge is 0.251 e. The number of amides is 1. The van der Waals surface area contributed by atoms with Gasteiger partial charge in [-0.15, -0.1) is 0 Å². The fraction of sp³-hybridized carbons (Fsp3) is 0.720. The first-order valence-electron chi connectivity index (χ1n) is 11.8. The summed E-state index contributed by atoms with van der Waals surface area (Å²) in [4.78, 5) is 13.6. The van der Waals surface area contributed by atoms with E-state index in [1.54, 1.807) is 6.07 Å². The molecule has 3 fully saturated rings. The van der Waals surface area contributed by atoms with Crippen LogP contribution in [0.25, 0.3) is 0 Å². The summed E-state index contributed by atoms with van der Waals surface area (Å²) in [5, 5.41) is 3.31. The van der Waals surface area contributed by atoms with Crippen molar-refractivity contribution >= 4 is 15.9 Å². The molecule has 1 aliphatic heterocycles. The molecule has 0 spiro atoms. The highest BCUT2D eigenvalue weighted by molar-refractivity contribution is 7.89. The number of carbonyl (C=O) groups excluding carboxylic acids is 1. The van der Waals surface area contributed by atoms with Gasteiger partial charge in [0, 0.05) is 24.7 Å². The van der Waals surface area contributed by atoms with Crippen molar-refractivity contribution in [2.24, 2.45) is 16.7 Å². The predicted octanol–water partition coefficient (Wildman–Crippen LogP) is 4.05. The number of rotatable bonds is 4. The molecule has 4 rings (SSSR count). The molecule has 7 heteroatoms. The fourth-order valence-electron chi connectivity index (χ4n) is 6.57. The number of fused-ring (bicyclic) bond motifs is 2. The SMILES string of the molecule is Cc1cc(C(=O)NC2C(C)(C)[C@@H]3CC[C@@]2(C)C3)cc(S(=O)(=O)N2CC(C)OC(C)C2)c1C. The van der Waals surface area contributed by atoms with Gasteiger partial charge in [-0.3, -0.25) is 4.79 Å². The Labute approximate surface area is 193 Å². The van der Waals surface area contributed by atoms with Crippen LogP contribution >= 0.6 is 0 Å². The van der Waals surface area contributed by atoms with E-state index < -0.39 is 10.0 Å². The molecule has 1 saturated heterocycles. The summed E-state index contributed by atoms with van der Waals surface area (Å²) in [5.41, 5.74) is 2.07. The molecule has 1 aromatic carbocycles. The summed E-state index contributed by atoms with van der Waals surface area (Å²) >= 11 is 0. The lowest BCUT2D eigenvalue weighted by Gasteiger charge is -2.43. The average molecular weight is 463 g/mol. The van der Waals surface area contributed by atoms with Crippen LogP contribution in [0, 0.1) is 30.6 Å². The van der Waals surface area contributed by atoms with Gasteiger partial charge >= 0.3 is 0 Å². The zero-order chi connectivity index (χ0) is 23.6. The zero-order valence-corrected chi connectivity index (χ0v) is 21.3. The number of hydrogen-bond donors (Lipinski definition) is 1. The van der Waals surface area contributed by atoms with E-state index in [0.717, 1.165) is 18.4 Å². The highest BCUT2D eigenvalue weighted by Gasteiger charge is 2.59. The van der Waals surface area contributed by atoms with Crippen molar-refractivity contribution in [3.63, 3.8) is 0 Å². The Morgan fingerprint density at radius 2 is 1.75 bits per heavy atom. The molecule has 1 aromatic rings. The molecule has 2 bridgehead atoms. The van der Waals surface area contributed by atoms with Crippen LogP contribution in [0.4, 0.5) is 0 Å². The van der Waals surface area contributed by atoms with Gasteiger partial charge in [0.1, 0.15) is 0 Å². The minimum absolute atomic E-state index is 0.0391. The first-order chi connectivity index (χ1) is 14.8. The molecule has 1 heterocycles. The molecule has 0 aromatic heterocycles. The second-order valence-corrected chi connectivity index (χ2v) is 13.2. The van der Waals surface area contributed by atoms with Crippen LogP contribution in [0.5, 0.6) is 0 Å². The lowest BCUT2D eigenvalue weighted by molar-refractivity contribution is -0.0441. The van der Waals surface area contributed by atoms with Gasteiger partial charge in [-0.25, -0.2) is 8.42 Å². The van der Waals surface area contributed by atoms with E-state index in [1.165, 1.54) is 10.7 Å². The van der Waals surface area contributed by atoms with Gasteiger partial charge in [-0.2, -0.15) is 4.31 Å². The number of sulfonamides is 1. The zero-order valence-electron chi connectivity index (χ0n) is 20.5. The predicted molar refractivity (Wildman–Crippen MR) is 125 cm³/mol. The van der Waals surface area contributed by atoms with Crippen molar-refractivity contribution in [3.8, 4) is 0 Å². The number of morpholine rings is 1. The molecule has 32 heavy (non-hydrogen) atoms. The van der Waals surface area contributed by atoms with Crippen molar-refractivity contribution in [2.75, 3.05) is 13.1 Å². The lowest BCUT2D eigenvalue weighted by atomic mass is 9.68. The number of ether oxygens (including phenoxy) is 1. The molecule has 3 aliphatic rings. The van der Waals surface area contributed by atoms with Gasteiger partial charge in [-0.1, -0.05) is 20.8 Å². The number of hydrogen-bond acceptors (Lipinski definition) is 4. The fourth-order valence-corrected chi connectivity index (χ4v) is 8.48. The summed E-state index contributed by atoms with van der Waals surface area (Å²) in [5.74, 6) is 0.443. The van der Waals surface area contributed by atoms with Gasteiger partial charge in [0.2, 0.25) is 10.0 Å². The topological polar surface area (TPSA) is 75.7 Å². The Bertz CT molecular complexity index is 1020. The molecule has 0 radical (unpaired) electrons. The molecule has 6 nitrogen and oxygen atoms in total. The van der Waals surface area contributed by atoms with Crippen molar-refractivity contribution < 1.29 is 17.9 Å². The molecule has 3 unspecified atom stereocenters. The maximum atomic E-state index is 13.6. The number of benzene rings is 1. The van der Waals surface area contributed by atoms with E-state index >= 15 is 0 Å². The third kappa shape index (κ3) is 3.80. The quantitative estimate of drug-likeness (QED) is 0.733. The van der Waals surface area contributed by atoms with Crippen LogP contribution in [-0.4, -0.2) is 50.0 Å². The van der Waals surface area contributed by atoms with Crippen molar-refractivity contribution in [1.29, 1.82) is 0 Å². The average Bonchev–Trinajstić information content (AvgIpc) is 3.17. The Balaban J connectivity index is 1.65. The molecule has 5 atom stereocenters. The molecule has 2 aliphatic carbocycles. The minimum atomic E-state index is -3.73. The lowest BCUT2D eigenvalue weighted by Crippen LogP contribution is -2.52.